The number of nitrogens with two attached hydrogens (primary N) is 1. The molecule has 1 amide bonds. The molecule has 5 heteroatoms. The molecule has 1 aromatic heterocycles. The van der Waals surface area contributed by atoms with Crippen molar-refractivity contribution in [3.63, 3.8) is 0 Å². The molecular weight excluding hydrogens is 242 g/mol. The fraction of sp³-hybridized carbons (Fsp3) is 0.643. The number of nitrogens with one attached hydrogen (secondary N) is 1. The summed E-state index contributed by atoms with van der Waals surface area (Å²) in [6.07, 6.45) is 1.14. The van der Waals surface area contributed by atoms with E-state index in [1.165, 1.54) is 0 Å². The molecule has 3 N–H and O–H groups in total. The smallest absolute Gasteiger partial charge is 0.300 e. The number of furan rings is 1. The second kappa shape index (κ2) is 6.73. The van der Waals surface area contributed by atoms with Crippen molar-refractivity contribution in [1.82, 2.24) is 10.3 Å². The van der Waals surface area contributed by atoms with Crippen LogP contribution >= 0.6 is 0 Å². The van der Waals surface area contributed by atoms with Gasteiger partial charge in [0.05, 0.1) is 0 Å². The van der Waals surface area contributed by atoms with E-state index in [0.717, 1.165) is 24.3 Å². The SMILES string of the molecule is Cc1oc(C(=O)NN)cc1CN(C)C(C)CC(C)C. The molecule has 5 nitrogen and oxygen atoms in total. The highest BCUT2D eigenvalue weighted by Gasteiger charge is 2.17. The van der Waals surface area contributed by atoms with E-state index in [1.807, 2.05) is 6.92 Å². The highest BCUT2D eigenvalue weighted by Crippen LogP contribution is 2.18. The summed E-state index contributed by atoms with van der Waals surface area (Å²) >= 11 is 0. The third kappa shape index (κ3) is 4.36. The maximum absolute atomic E-state index is 11.4. The Balaban J connectivity index is 2.71. The van der Waals surface area contributed by atoms with Crippen LogP contribution in [0.1, 0.15) is 49.1 Å². The molecule has 0 aliphatic carbocycles. The molecule has 0 aliphatic rings. The van der Waals surface area contributed by atoms with Crippen LogP contribution in [0.4, 0.5) is 0 Å². The second-order valence-corrected chi connectivity index (χ2v) is 5.56. The van der Waals surface area contributed by atoms with Crippen molar-refractivity contribution >= 4 is 5.91 Å². The Bertz CT molecular complexity index is 426. The minimum absolute atomic E-state index is 0.264. The maximum Gasteiger partial charge on any atom is 0.300 e. The molecule has 1 heterocycles. The van der Waals surface area contributed by atoms with Gasteiger partial charge >= 0.3 is 5.91 Å². The van der Waals surface area contributed by atoms with Gasteiger partial charge in [0.25, 0.3) is 0 Å². The number of hydrazine groups is 1. The summed E-state index contributed by atoms with van der Waals surface area (Å²) in [6.45, 7) is 9.28. The number of rotatable bonds is 6. The summed E-state index contributed by atoms with van der Waals surface area (Å²) in [5, 5.41) is 0. The van der Waals surface area contributed by atoms with Gasteiger partial charge in [-0.25, -0.2) is 5.84 Å². The molecule has 1 rings (SSSR count). The highest BCUT2D eigenvalue weighted by molar-refractivity contribution is 5.91. The first-order valence-electron chi connectivity index (χ1n) is 6.65. The molecule has 19 heavy (non-hydrogen) atoms. The lowest BCUT2D eigenvalue weighted by molar-refractivity contribution is 0.0924. The van der Waals surface area contributed by atoms with Crippen LogP contribution in [0.25, 0.3) is 0 Å². The Morgan fingerprint density at radius 3 is 2.63 bits per heavy atom. The van der Waals surface area contributed by atoms with Crippen LogP contribution in [0.3, 0.4) is 0 Å². The summed E-state index contributed by atoms with van der Waals surface area (Å²) < 4.78 is 5.41. The van der Waals surface area contributed by atoms with Crippen molar-refractivity contribution in [3.05, 3.63) is 23.2 Å². The van der Waals surface area contributed by atoms with Crippen LogP contribution in [0.15, 0.2) is 10.5 Å². The van der Waals surface area contributed by atoms with Gasteiger partial charge < -0.3 is 4.42 Å². The Labute approximate surface area is 115 Å². The maximum atomic E-state index is 11.4. The fourth-order valence-corrected chi connectivity index (χ4v) is 2.15. The van der Waals surface area contributed by atoms with Crippen molar-refractivity contribution in [2.24, 2.45) is 11.8 Å². The largest absolute Gasteiger partial charge is 0.456 e. The van der Waals surface area contributed by atoms with Crippen LogP contribution in [-0.2, 0) is 6.54 Å². The van der Waals surface area contributed by atoms with Gasteiger partial charge in [-0.2, -0.15) is 0 Å². The predicted octanol–water partition coefficient (Wildman–Crippen LogP) is 2.06. The van der Waals surface area contributed by atoms with E-state index in [4.69, 9.17) is 10.3 Å². The molecule has 0 bridgehead atoms. The molecule has 0 aromatic carbocycles. The lowest BCUT2D eigenvalue weighted by atomic mass is 10.0. The number of amides is 1. The van der Waals surface area contributed by atoms with Gasteiger partial charge in [-0.3, -0.25) is 15.1 Å². The highest BCUT2D eigenvalue weighted by atomic mass is 16.4. The zero-order valence-corrected chi connectivity index (χ0v) is 12.5. The Morgan fingerprint density at radius 2 is 2.11 bits per heavy atom. The topological polar surface area (TPSA) is 71.5 Å². The van der Waals surface area contributed by atoms with Gasteiger partial charge in [-0.15, -0.1) is 0 Å². The average Bonchev–Trinajstić information content (AvgIpc) is 2.69. The molecule has 1 atom stereocenters. The molecule has 108 valence electrons. The van der Waals surface area contributed by atoms with E-state index in [1.54, 1.807) is 6.07 Å². The van der Waals surface area contributed by atoms with Gasteiger partial charge in [0.1, 0.15) is 5.76 Å². The normalized spacial score (nSPS) is 13.1. The monoisotopic (exact) mass is 267 g/mol. The van der Waals surface area contributed by atoms with Crippen molar-refractivity contribution in [2.75, 3.05) is 7.05 Å². The van der Waals surface area contributed by atoms with Crippen LogP contribution in [-0.4, -0.2) is 23.9 Å². The first-order valence-corrected chi connectivity index (χ1v) is 6.65. The van der Waals surface area contributed by atoms with Crippen LogP contribution < -0.4 is 11.3 Å². The van der Waals surface area contributed by atoms with E-state index in [-0.39, 0.29) is 5.76 Å². The zero-order valence-electron chi connectivity index (χ0n) is 12.5. The van der Waals surface area contributed by atoms with Crippen molar-refractivity contribution in [1.29, 1.82) is 0 Å². The second-order valence-electron chi connectivity index (χ2n) is 5.56. The van der Waals surface area contributed by atoms with Crippen molar-refractivity contribution in [3.8, 4) is 0 Å². The lowest BCUT2D eigenvalue weighted by Gasteiger charge is -2.25. The molecule has 0 saturated heterocycles. The molecule has 0 spiro atoms. The summed E-state index contributed by atoms with van der Waals surface area (Å²) in [5.74, 6) is 6.40. The summed E-state index contributed by atoms with van der Waals surface area (Å²) in [5.41, 5.74) is 3.10. The number of nitrogens with zero attached hydrogens (tertiary/aromatic N) is 1. The van der Waals surface area contributed by atoms with Crippen LogP contribution in [0.2, 0.25) is 0 Å². The van der Waals surface area contributed by atoms with E-state index in [0.29, 0.717) is 12.0 Å². The van der Waals surface area contributed by atoms with Crippen LogP contribution in [0.5, 0.6) is 0 Å². The van der Waals surface area contributed by atoms with Gasteiger partial charge in [0.2, 0.25) is 0 Å². The predicted molar refractivity (Wildman–Crippen MR) is 75.5 cm³/mol. The van der Waals surface area contributed by atoms with E-state index in [2.05, 4.69) is 38.1 Å². The molecule has 0 saturated carbocycles. The number of hydrogen-bond donors (Lipinski definition) is 2. The van der Waals surface area contributed by atoms with Gasteiger partial charge in [0.15, 0.2) is 5.76 Å². The van der Waals surface area contributed by atoms with Crippen molar-refractivity contribution in [2.45, 2.75) is 46.7 Å². The molecule has 0 radical (unpaired) electrons. The Morgan fingerprint density at radius 1 is 1.47 bits per heavy atom. The number of hydrogen-bond acceptors (Lipinski definition) is 4. The molecule has 0 fully saturated rings. The van der Waals surface area contributed by atoms with Crippen molar-refractivity contribution < 1.29 is 9.21 Å². The van der Waals surface area contributed by atoms with Gasteiger partial charge in [-0.1, -0.05) is 13.8 Å². The number of carbonyl (C=O) groups excluding carboxylic acids is 1. The molecular formula is C14H25N3O2. The Hall–Kier alpha value is -1.33. The van der Waals surface area contributed by atoms with E-state index < -0.39 is 5.91 Å². The quantitative estimate of drug-likeness (QED) is 0.470. The number of aryl methyl sites for hydroxylation is 1. The molecule has 0 aliphatic heterocycles. The zero-order chi connectivity index (χ0) is 14.6. The first-order chi connectivity index (χ1) is 8.85. The van der Waals surface area contributed by atoms with E-state index in [9.17, 15) is 4.79 Å². The third-order valence-corrected chi connectivity index (χ3v) is 3.36. The van der Waals surface area contributed by atoms with E-state index >= 15 is 0 Å². The third-order valence-electron chi connectivity index (χ3n) is 3.36. The van der Waals surface area contributed by atoms with Gasteiger partial charge in [0, 0.05) is 18.2 Å². The fourth-order valence-electron chi connectivity index (χ4n) is 2.15. The molecule has 1 aromatic rings. The molecule has 1 unspecified atom stereocenters. The standard InChI is InChI=1S/C14H25N3O2/c1-9(2)6-10(3)17(5)8-12-7-13(14(18)16-15)19-11(12)4/h7,9-10H,6,8,15H2,1-5H3,(H,16,18). The Kier molecular flexibility index (Phi) is 5.57. The average molecular weight is 267 g/mol. The summed E-state index contributed by atoms with van der Waals surface area (Å²) in [6, 6.07) is 2.25. The number of nitrogen functional groups attached to an aromatic ring is 1. The summed E-state index contributed by atoms with van der Waals surface area (Å²) in [4.78, 5) is 13.7. The lowest BCUT2D eigenvalue weighted by Crippen LogP contribution is -2.30. The van der Waals surface area contributed by atoms with Gasteiger partial charge in [-0.05, 0) is 39.3 Å². The minimum atomic E-state index is -0.396. The number of carbonyl (C=O) groups is 1. The van der Waals surface area contributed by atoms with Crippen LogP contribution in [0, 0.1) is 12.8 Å². The first kappa shape index (κ1) is 15.7. The summed E-state index contributed by atoms with van der Waals surface area (Å²) in [7, 11) is 2.09. The minimum Gasteiger partial charge on any atom is -0.456 e.